The smallest absolute Gasteiger partial charge is 0.404 e. The molecule has 0 aliphatic carbocycles. The molecule has 0 aromatic heterocycles. The summed E-state index contributed by atoms with van der Waals surface area (Å²) in [4.78, 5) is 61.2. The highest BCUT2D eigenvalue weighted by Gasteiger charge is 2.37. The largest absolute Gasteiger partial charge is 0.573 e. The van der Waals surface area contributed by atoms with Crippen LogP contribution in [0.1, 0.15) is 56.9 Å². The number of nitrogens with one attached hydrogen (secondary N) is 3. The van der Waals surface area contributed by atoms with Crippen LogP contribution >= 0.6 is 0 Å². The third-order valence-electron chi connectivity index (χ3n) is 10.1. The van der Waals surface area contributed by atoms with E-state index in [1.807, 2.05) is 24.3 Å². The molecule has 4 aliphatic heterocycles. The van der Waals surface area contributed by atoms with Gasteiger partial charge in [-0.05, 0) is 75.4 Å². The van der Waals surface area contributed by atoms with Gasteiger partial charge >= 0.3 is 18.4 Å². The lowest BCUT2D eigenvalue weighted by molar-refractivity contribution is -0.274. The van der Waals surface area contributed by atoms with Crippen LogP contribution in [0.4, 0.5) is 34.1 Å². The number of carbonyl (C=O) groups is 4. The van der Waals surface area contributed by atoms with Crippen molar-refractivity contribution in [2.24, 2.45) is 0 Å². The van der Waals surface area contributed by atoms with Crippen LogP contribution in [0.5, 0.6) is 5.75 Å². The van der Waals surface area contributed by atoms with Gasteiger partial charge in [-0.25, -0.2) is 9.59 Å². The van der Waals surface area contributed by atoms with Gasteiger partial charge in [-0.1, -0.05) is 36.8 Å². The van der Waals surface area contributed by atoms with Crippen molar-refractivity contribution >= 4 is 35.3 Å². The van der Waals surface area contributed by atoms with Crippen LogP contribution in [0.25, 0.3) is 0 Å². The van der Waals surface area contributed by atoms with Crippen LogP contribution in [0.2, 0.25) is 0 Å². The lowest BCUT2D eigenvalue weighted by Gasteiger charge is -2.41. The molecule has 4 heterocycles. The summed E-state index contributed by atoms with van der Waals surface area (Å²) < 4.78 is 43.0. The number of halogens is 3. The van der Waals surface area contributed by atoms with E-state index in [4.69, 9.17) is 0 Å². The van der Waals surface area contributed by atoms with Crippen LogP contribution in [-0.2, 0) is 16.1 Å². The highest BCUT2D eigenvalue weighted by molar-refractivity contribution is 5.97. The molecule has 0 unspecified atom stereocenters. The first kappa shape index (κ1) is 35.3. The topological polar surface area (TPSA) is 127 Å². The standard InChI is InChI=1S/C35H44F3N7O5/c36-35(37,38)50-30-11-5-4-10-28(30)39-33(48)40-29(32(47)44-20-12-25(13-21-44)42-16-6-1-7-17-42)22-31(46)43-18-14-26(15-19-43)45-23-24-8-2-3-9-27(24)41-34(45)49/h2-5,8-11,25-26,29H,1,6-7,12-23H2,(H,41,49)(H2,39,40,48)/t29-/m0/s1. The predicted octanol–water partition coefficient (Wildman–Crippen LogP) is 4.98. The van der Waals surface area contributed by atoms with E-state index in [1.165, 1.54) is 24.6 Å². The van der Waals surface area contributed by atoms with Gasteiger partial charge in [0.25, 0.3) is 0 Å². The van der Waals surface area contributed by atoms with E-state index in [0.717, 1.165) is 56.1 Å². The fraction of sp³-hybridized carbons (Fsp3) is 0.543. The zero-order valence-corrected chi connectivity index (χ0v) is 27.9. The Balaban J connectivity index is 1.09. The van der Waals surface area contributed by atoms with E-state index in [1.54, 1.807) is 14.7 Å². The molecule has 12 nitrogen and oxygen atoms in total. The molecule has 3 saturated heterocycles. The van der Waals surface area contributed by atoms with Crippen molar-refractivity contribution in [2.45, 2.75) is 82.4 Å². The third kappa shape index (κ3) is 8.79. The SMILES string of the molecule is O=C(Nc1ccccc1OC(F)(F)F)N[C@@H](CC(=O)N1CCC(N2Cc3ccccc3NC2=O)CC1)C(=O)N1CCC(N2CCCCC2)CC1. The average molecular weight is 700 g/mol. The number of likely N-dealkylation sites (tertiary alicyclic amines) is 3. The average Bonchev–Trinajstić information content (AvgIpc) is 3.11. The first-order chi connectivity index (χ1) is 24.0. The summed E-state index contributed by atoms with van der Waals surface area (Å²) in [6.07, 6.45) is 0.916. The highest BCUT2D eigenvalue weighted by atomic mass is 19.4. The van der Waals surface area contributed by atoms with Crippen molar-refractivity contribution in [3.8, 4) is 5.75 Å². The first-order valence-electron chi connectivity index (χ1n) is 17.4. The molecule has 1 atom stereocenters. The number of para-hydroxylation sites is 3. The number of urea groups is 2. The molecule has 2 aromatic rings. The minimum Gasteiger partial charge on any atom is -0.404 e. The summed E-state index contributed by atoms with van der Waals surface area (Å²) in [5.41, 5.74) is 1.57. The Kier molecular flexibility index (Phi) is 11.0. The lowest BCUT2D eigenvalue weighted by Crippen LogP contribution is -2.56. The second-order valence-electron chi connectivity index (χ2n) is 13.4. The van der Waals surface area contributed by atoms with Gasteiger partial charge < -0.3 is 40.3 Å². The zero-order chi connectivity index (χ0) is 35.3. The zero-order valence-electron chi connectivity index (χ0n) is 27.9. The molecule has 15 heteroatoms. The number of amides is 6. The van der Waals surface area contributed by atoms with Gasteiger partial charge in [0.2, 0.25) is 11.8 Å². The fourth-order valence-electron chi connectivity index (χ4n) is 7.50. The third-order valence-corrected chi connectivity index (χ3v) is 10.1. The van der Waals surface area contributed by atoms with Crippen molar-refractivity contribution in [1.29, 1.82) is 0 Å². The van der Waals surface area contributed by atoms with Gasteiger partial charge in [-0.15, -0.1) is 13.2 Å². The Morgan fingerprint density at radius 1 is 0.840 bits per heavy atom. The van der Waals surface area contributed by atoms with E-state index in [0.29, 0.717) is 51.6 Å². The maximum Gasteiger partial charge on any atom is 0.573 e. The van der Waals surface area contributed by atoms with E-state index in [2.05, 4.69) is 25.6 Å². The van der Waals surface area contributed by atoms with Gasteiger partial charge in [0.05, 0.1) is 12.1 Å². The normalized spacial score (nSPS) is 20.1. The molecule has 4 aliphatic rings. The summed E-state index contributed by atoms with van der Waals surface area (Å²) in [7, 11) is 0. The van der Waals surface area contributed by atoms with E-state index < -0.39 is 30.1 Å². The Hall–Kier alpha value is -4.53. The molecule has 2 aromatic carbocycles. The van der Waals surface area contributed by atoms with Crippen LogP contribution < -0.4 is 20.7 Å². The Bertz CT molecular complexity index is 1540. The van der Waals surface area contributed by atoms with E-state index in [9.17, 15) is 32.3 Å². The molecule has 6 amide bonds. The van der Waals surface area contributed by atoms with Crippen LogP contribution in [0.15, 0.2) is 48.5 Å². The van der Waals surface area contributed by atoms with Crippen molar-refractivity contribution in [1.82, 2.24) is 24.9 Å². The number of hydrogen-bond donors (Lipinski definition) is 3. The molecule has 6 rings (SSSR count). The highest BCUT2D eigenvalue weighted by Crippen LogP contribution is 2.31. The summed E-state index contributed by atoms with van der Waals surface area (Å²) in [6, 6.07) is 10.7. The lowest BCUT2D eigenvalue weighted by atomic mass is 9.98. The number of rotatable bonds is 8. The van der Waals surface area contributed by atoms with E-state index in [-0.39, 0.29) is 30.1 Å². The quantitative estimate of drug-likeness (QED) is 0.357. The Morgan fingerprint density at radius 3 is 2.20 bits per heavy atom. The molecule has 0 saturated carbocycles. The Labute approximate surface area is 289 Å². The number of carbonyl (C=O) groups excluding carboxylic acids is 4. The maximum absolute atomic E-state index is 13.9. The van der Waals surface area contributed by atoms with E-state index >= 15 is 0 Å². The maximum atomic E-state index is 13.9. The molecular weight excluding hydrogens is 655 g/mol. The van der Waals surface area contributed by atoms with Crippen molar-refractivity contribution in [3.05, 3.63) is 54.1 Å². The number of anilines is 2. The molecule has 270 valence electrons. The van der Waals surface area contributed by atoms with Crippen LogP contribution in [0.3, 0.4) is 0 Å². The number of piperidine rings is 3. The minimum atomic E-state index is -4.98. The number of benzene rings is 2. The van der Waals surface area contributed by atoms with Gasteiger partial charge in [0.15, 0.2) is 5.75 Å². The molecular formula is C35H44F3N7O5. The number of alkyl halides is 3. The van der Waals surface area contributed by atoms with Gasteiger partial charge in [0, 0.05) is 50.5 Å². The molecule has 3 N–H and O–H groups in total. The number of ether oxygens (including phenoxy) is 1. The number of hydrogen-bond acceptors (Lipinski definition) is 6. The van der Waals surface area contributed by atoms with Gasteiger partial charge in [-0.2, -0.15) is 0 Å². The molecule has 0 spiro atoms. The molecule has 3 fully saturated rings. The number of fused-ring (bicyclic) bond motifs is 1. The first-order valence-corrected chi connectivity index (χ1v) is 17.4. The predicted molar refractivity (Wildman–Crippen MR) is 179 cm³/mol. The summed E-state index contributed by atoms with van der Waals surface area (Å²) >= 11 is 0. The molecule has 0 radical (unpaired) electrons. The second-order valence-corrected chi connectivity index (χ2v) is 13.4. The molecule has 0 bridgehead atoms. The summed E-state index contributed by atoms with van der Waals surface area (Å²) in [5, 5.41) is 7.87. The minimum absolute atomic E-state index is 0.0751. The second kappa shape index (κ2) is 15.6. The van der Waals surface area contributed by atoms with Gasteiger partial charge in [-0.3, -0.25) is 9.59 Å². The Morgan fingerprint density at radius 2 is 1.48 bits per heavy atom. The summed E-state index contributed by atoms with van der Waals surface area (Å²) in [5.74, 6) is -1.36. The van der Waals surface area contributed by atoms with Crippen molar-refractivity contribution in [2.75, 3.05) is 49.9 Å². The number of nitrogens with zero attached hydrogens (tertiary/aromatic N) is 4. The molecule has 50 heavy (non-hydrogen) atoms. The fourth-order valence-corrected chi connectivity index (χ4v) is 7.50. The van der Waals surface area contributed by atoms with Gasteiger partial charge in [0.1, 0.15) is 6.04 Å². The van der Waals surface area contributed by atoms with Crippen LogP contribution in [0, 0.1) is 0 Å². The van der Waals surface area contributed by atoms with Crippen molar-refractivity contribution in [3.63, 3.8) is 0 Å². The monoisotopic (exact) mass is 699 g/mol. The summed E-state index contributed by atoms with van der Waals surface area (Å²) in [6.45, 7) is 4.25. The van der Waals surface area contributed by atoms with Crippen LogP contribution in [-0.4, -0.2) is 107 Å². The van der Waals surface area contributed by atoms with Crippen molar-refractivity contribution < 1.29 is 37.1 Å².